The number of benzene rings is 1. The fraction of sp³-hybridized carbons (Fsp3) is 0.600. The summed E-state index contributed by atoms with van der Waals surface area (Å²) < 4.78 is 5.69. The van der Waals surface area contributed by atoms with Gasteiger partial charge in [0.2, 0.25) is 0 Å². The summed E-state index contributed by atoms with van der Waals surface area (Å²) in [6.07, 6.45) is -0.440. The molecule has 0 amide bonds. The van der Waals surface area contributed by atoms with Crippen molar-refractivity contribution < 1.29 is 9.84 Å². The number of hydrogen-bond acceptors (Lipinski definition) is 3. The zero-order valence-corrected chi connectivity index (χ0v) is 11.9. The Labute approximate surface area is 110 Å². The van der Waals surface area contributed by atoms with Crippen molar-refractivity contribution in [3.63, 3.8) is 0 Å². The first-order valence-corrected chi connectivity index (χ1v) is 6.67. The fourth-order valence-corrected chi connectivity index (χ4v) is 1.88. The number of aliphatic hydroxyl groups excluding tert-OH is 1. The number of hydrogen-bond donors (Lipinski definition) is 1. The van der Waals surface area contributed by atoms with Gasteiger partial charge in [0.15, 0.2) is 0 Å². The summed E-state index contributed by atoms with van der Waals surface area (Å²) >= 11 is 0. The Morgan fingerprint density at radius 3 is 2.50 bits per heavy atom. The molecule has 1 unspecified atom stereocenters. The lowest BCUT2D eigenvalue weighted by Gasteiger charge is -2.22. The molecular formula is C15H25NO2. The van der Waals surface area contributed by atoms with Crippen LogP contribution in [0, 0.1) is 13.8 Å². The molecular weight excluding hydrogens is 226 g/mol. The minimum atomic E-state index is -0.440. The van der Waals surface area contributed by atoms with Gasteiger partial charge in [0, 0.05) is 6.54 Å². The number of rotatable bonds is 7. The SMILES string of the molecule is CCN(CC)CC(O)COc1cc(C)ccc1C. The largest absolute Gasteiger partial charge is 0.491 e. The van der Waals surface area contributed by atoms with Crippen LogP contribution in [0.5, 0.6) is 5.75 Å². The van der Waals surface area contributed by atoms with Gasteiger partial charge in [-0.1, -0.05) is 26.0 Å². The third-order valence-corrected chi connectivity index (χ3v) is 3.14. The van der Waals surface area contributed by atoms with E-state index in [0.29, 0.717) is 13.2 Å². The van der Waals surface area contributed by atoms with Crippen LogP contribution >= 0.6 is 0 Å². The van der Waals surface area contributed by atoms with E-state index in [9.17, 15) is 5.11 Å². The molecule has 0 spiro atoms. The second kappa shape index (κ2) is 7.39. The van der Waals surface area contributed by atoms with E-state index in [1.54, 1.807) is 0 Å². The summed E-state index contributed by atoms with van der Waals surface area (Å²) in [6, 6.07) is 6.12. The van der Waals surface area contributed by atoms with Crippen LogP contribution in [-0.4, -0.2) is 42.4 Å². The molecule has 18 heavy (non-hydrogen) atoms. The van der Waals surface area contributed by atoms with Crippen LogP contribution in [0.25, 0.3) is 0 Å². The molecule has 0 aliphatic heterocycles. The predicted molar refractivity (Wildman–Crippen MR) is 75.2 cm³/mol. The summed E-state index contributed by atoms with van der Waals surface area (Å²) in [5.74, 6) is 0.869. The lowest BCUT2D eigenvalue weighted by Crippen LogP contribution is -2.35. The maximum Gasteiger partial charge on any atom is 0.122 e. The quantitative estimate of drug-likeness (QED) is 0.807. The van der Waals surface area contributed by atoms with Crippen LogP contribution in [0.3, 0.4) is 0 Å². The predicted octanol–water partition coefficient (Wildman–Crippen LogP) is 2.38. The lowest BCUT2D eigenvalue weighted by atomic mass is 10.1. The van der Waals surface area contributed by atoms with Gasteiger partial charge in [-0.05, 0) is 44.1 Å². The van der Waals surface area contributed by atoms with Crippen molar-refractivity contribution in [3.8, 4) is 5.75 Å². The summed E-state index contributed by atoms with van der Waals surface area (Å²) in [5.41, 5.74) is 2.28. The van der Waals surface area contributed by atoms with Crippen LogP contribution in [0.2, 0.25) is 0 Å². The lowest BCUT2D eigenvalue weighted by molar-refractivity contribution is 0.0714. The van der Waals surface area contributed by atoms with Gasteiger partial charge in [-0.2, -0.15) is 0 Å². The van der Waals surface area contributed by atoms with Crippen molar-refractivity contribution in [2.24, 2.45) is 0 Å². The van der Waals surface area contributed by atoms with E-state index >= 15 is 0 Å². The third kappa shape index (κ3) is 4.67. The van der Waals surface area contributed by atoms with Crippen molar-refractivity contribution >= 4 is 0 Å². The first kappa shape index (κ1) is 15.0. The highest BCUT2D eigenvalue weighted by molar-refractivity contribution is 5.35. The highest BCUT2D eigenvalue weighted by Gasteiger charge is 2.10. The van der Waals surface area contributed by atoms with Crippen molar-refractivity contribution in [2.45, 2.75) is 33.8 Å². The summed E-state index contributed by atoms with van der Waals surface area (Å²) in [5, 5.41) is 9.94. The minimum absolute atomic E-state index is 0.348. The molecule has 0 aliphatic carbocycles. The topological polar surface area (TPSA) is 32.7 Å². The molecule has 1 atom stereocenters. The van der Waals surface area contributed by atoms with Crippen molar-refractivity contribution in [1.82, 2.24) is 4.90 Å². The molecule has 0 heterocycles. The Kier molecular flexibility index (Phi) is 6.16. The van der Waals surface area contributed by atoms with Gasteiger partial charge in [0.1, 0.15) is 18.5 Å². The number of ether oxygens (including phenoxy) is 1. The van der Waals surface area contributed by atoms with E-state index in [1.165, 1.54) is 5.56 Å². The Morgan fingerprint density at radius 1 is 1.22 bits per heavy atom. The van der Waals surface area contributed by atoms with Gasteiger partial charge in [0.05, 0.1) is 0 Å². The minimum Gasteiger partial charge on any atom is -0.491 e. The van der Waals surface area contributed by atoms with E-state index in [1.807, 2.05) is 26.0 Å². The van der Waals surface area contributed by atoms with Crippen molar-refractivity contribution in [2.75, 3.05) is 26.2 Å². The Bertz CT molecular complexity index is 362. The van der Waals surface area contributed by atoms with E-state index in [4.69, 9.17) is 4.74 Å². The molecule has 1 rings (SSSR count). The van der Waals surface area contributed by atoms with Crippen LogP contribution < -0.4 is 4.74 Å². The van der Waals surface area contributed by atoms with Gasteiger partial charge in [-0.15, -0.1) is 0 Å². The normalized spacial score (nSPS) is 12.8. The number of aryl methyl sites for hydroxylation is 2. The molecule has 0 aliphatic rings. The molecule has 3 nitrogen and oxygen atoms in total. The van der Waals surface area contributed by atoms with Crippen LogP contribution in [0.4, 0.5) is 0 Å². The van der Waals surface area contributed by atoms with Gasteiger partial charge < -0.3 is 14.7 Å². The van der Waals surface area contributed by atoms with E-state index < -0.39 is 6.10 Å². The number of aliphatic hydroxyl groups is 1. The van der Waals surface area contributed by atoms with Crippen LogP contribution in [-0.2, 0) is 0 Å². The van der Waals surface area contributed by atoms with E-state index in [2.05, 4.69) is 24.8 Å². The smallest absolute Gasteiger partial charge is 0.122 e. The summed E-state index contributed by atoms with van der Waals surface area (Å²) in [6.45, 7) is 11.2. The molecule has 0 aromatic heterocycles. The van der Waals surface area contributed by atoms with E-state index in [0.717, 1.165) is 24.4 Å². The summed E-state index contributed by atoms with van der Waals surface area (Å²) in [4.78, 5) is 2.19. The maximum atomic E-state index is 9.94. The van der Waals surface area contributed by atoms with Crippen molar-refractivity contribution in [1.29, 1.82) is 0 Å². The molecule has 0 fully saturated rings. The zero-order chi connectivity index (χ0) is 13.5. The fourth-order valence-electron chi connectivity index (χ4n) is 1.88. The first-order chi connectivity index (χ1) is 8.56. The molecule has 3 heteroatoms. The third-order valence-electron chi connectivity index (χ3n) is 3.14. The Hall–Kier alpha value is -1.06. The van der Waals surface area contributed by atoms with Crippen LogP contribution in [0.1, 0.15) is 25.0 Å². The molecule has 1 aromatic carbocycles. The Morgan fingerprint density at radius 2 is 1.89 bits per heavy atom. The molecule has 102 valence electrons. The zero-order valence-electron chi connectivity index (χ0n) is 11.9. The molecule has 1 aromatic rings. The average Bonchev–Trinajstić information content (AvgIpc) is 2.37. The summed E-state index contributed by atoms with van der Waals surface area (Å²) in [7, 11) is 0. The van der Waals surface area contributed by atoms with Crippen molar-refractivity contribution in [3.05, 3.63) is 29.3 Å². The number of nitrogens with zero attached hydrogens (tertiary/aromatic N) is 1. The Balaban J connectivity index is 2.46. The molecule has 1 N–H and O–H groups in total. The highest BCUT2D eigenvalue weighted by Crippen LogP contribution is 2.19. The maximum absolute atomic E-state index is 9.94. The molecule has 0 radical (unpaired) electrons. The van der Waals surface area contributed by atoms with Gasteiger partial charge in [-0.3, -0.25) is 0 Å². The van der Waals surface area contributed by atoms with Gasteiger partial charge >= 0.3 is 0 Å². The molecule has 0 saturated carbocycles. The van der Waals surface area contributed by atoms with Gasteiger partial charge in [-0.25, -0.2) is 0 Å². The molecule has 0 saturated heterocycles. The van der Waals surface area contributed by atoms with E-state index in [-0.39, 0.29) is 0 Å². The monoisotopic (exact) mass is 251 g/mol. The highest BCUT2D eigenvalue weighted by atomic mass is 16.5. The number of likely N-dealkylation sites (N-methyl/N-ethyl adjacent to an activating group) is 1. The van der Waals surface area contributed by atoms with Gasteiger partial charge in [0.25, 0.3) is 0 Å². The molecule has 0 bridgehead atoms. The second-order valence-electron chi connectivity index (χ2n) is 4.72. The standard InChI is InChI=1S/C15H25NO2/c1-5-16(6-2)10-14(17)11-18-15-9-12(3)7-8-13(15)4/h7-9,14,17H,5-6,10-11H2,1-4H3. The van der Waals surface area contributed by atoms with Crippen LogP contribution in [0.15, 0.2) is 18.2 Å². The average molecular weight is 251 g/mol. The first-order valence-electron chi connectivity index (χ1n) is 6.67. The second-order valence-corrected chi connectivity index (χ2v) is 4.72.